The van der Waals surface area contributed by atoms with Crippen molar-refractivity contribution in [1.82, 2.24) is 10.6 Å². The van der Waals surface area contributed by atoms with Crippen LogP contribution >= 0.6 is 0 Å². The second-order valence-electron chi connectivity index (χ2n) is 4.70. The van der Waals surface area contributed by atoms with Gasteiger partial charge in [0.2, 0.25) is 0 Å². The van der Waals surface area contributed by atoms with Crippen molar-refractivity contribution in [3.63, 3.8) is 0 Å². The minimum absolute atomic E-state index is 0.125. The molecule has 20 heavy (non-hydrogen) atoms. The van der Waals surface area contributed by atoms with E-state index in [0.717, 1.165) is 18.4 Å². The summed E-state index contributed by atoms with van der Waals surface area (Å²) in [5, 5.41) is 5.63. The Morgan fingerprint density at radius 1 is 1.20 bits per heavy atom. The molecule has 6 heteroatoms. The number of amides is 2. The number of hydrogen-bond donors (Lipinski definition) is 2. The zero-order chi connectivity index (χ0) is 15.2. The van der Waals surface area contributed by atoms with Crippen molar-refractivity contribution in [3.8, 4) is 0 Å². The molecule has 2 amide bonds. The average molecular weight is 298 g/mol. The molecule has 0 aliphatic rings. The van der Waals surface area contributed by atoms with E-state index in [-0.39, 0.29) is 17.0 Å². The number of carbonyl (C=O) groups excluding carboxylic acids is 1. The van der Waals surface area contributed by atoms with Crippen LogP contribution in [0.4, 0.5) is 4.79 Å². The Balaban J connectivity index is 2.78. The van der Waals surface area contributed by atoms with Crippen molar-refractivity contribution in [2.24, 2.45) is 0 Å². The summed E-state index contributed by atoms with van der Waals surface area (Å²) in [6.45, 7) is 4.59. The van der Waals surface area contributed by atoms with E-state index in [9.17, 15) is 13.2 Å². The molecule has 0 aliphatic heterocycles. The first-order chi connectivity index (χ1) is 9.38. The highest BCUT2D eigenvalue weighted by atomic mass is 32.2. The summed E-state index contributed by atoms with van der Waals surface area (Å²) < 4.78 is 22.8. The van der Waals surface area contributed by atoms with Gasteiger partial charge in [0.25, 0.3) is 0 Å². The smallest absolute Gasteiger partial charge is 0.315 e. The normalized spacial score (nSPS) is 12.8. The van der Waals surface area contributed by atoms with Gasteiger partial charge >= 0.3 is 6.03 Å². The fourth-order valence-electron chi connectivity index (χ4n) is 1.82. The lowest BCUT2D eigenvalue weighted by Gasteiger charge is -2.18. The van der Waals surface area contributed by atoms with Crippen LogP contribution in [0.15, 0.2) is 29.2 Å². The van der Waals surface area contributed by atoms with Gasteiger partial charge in [-0.3, -0.25) is 0 Å². The van der Waals surface area contributed by atoms with Crippen molar-refractivity contribution >= 4 is 15.9 Å². The molecule has 1 rings (SSSR count). The number of sulfone groups is 1. The van der Waals surface area contributed by atoms with Crippen LogP contribution in [0.5, 0.6) is 0 Å². The molecule has 0 saturated heterocycles. The Bertz CT molecular complexity index is 538. The van der Waals surface area contributed by atoms with Gasteiger partial charge in [0.15, 0.2) is 9.84 Å². The van der Waals surface area contributed by atoms with Crippen molar-refractivity contribution in [2.45, 2.75) is 37.6 Å². The lowest BCUT2D eigenvalue weighted by Crippen LogP contribution is -2.38. The standard InChI is InChI=1S/C14H22N2O3S/c1-4-10-15-14(17)16-13(5-2)11-6-8-12(9-7-11)20(3,18)19/h6-9,13H,4-5,10H2,1-3H3,(H2,15,16,17)/t13-/m0/s1. The first-order valence-electron chi connectivity index (χ1n) is 6.72. The molecule has 0 bridgehead atoms. The molecule has 0 fully saturated rings. The third-order valence-electron chi connectivity index (χ3n) is 2.96. The fraction of sp³-hybridized carbons (Fsp3) is 0.500. The van der Waals surface area contributed by atoms with Crippen LogP contribution in [0.25, 0.3) is 0 Å². The lowest BCUT2D eigenvalue weighted by molar-refractivity contribution is 0.236. The van der Waals surface area contributed by atoms with E-state index in [1.807, 2.05) is 13.8 Å². The molecular formula is C14H22N2O3S. The van der Waals surface area contributed by atoms with Crippen LogP contribution in [0.3, 0.4) is 0 Å². The number of benzene rings is 1. The summed E-state index contributed by atoms with van der Waals surface area (Å²) in [6, 6.07) is 6.29. The summed E-state index contributed by atoms with van der Waals surface area (Å²) in [6.07, 6.45) is 2.79. The van der Waals surface area contributed by atoms with Crippen LogP contribution in [0.1, 0.15) is 38.3 Å². The van der Waals surface area contributed by atoms with Crippen LogP contribution in [-0.2, 0) is 9.84 Å². The van der Waals surface area contributed by atoms with Gasteiger partial charge in [0.05, 0.1) is 10.9 Å². The first kappa shape index (κ1) is 16.5. The third-order valence-corrected chi connectivity index (χ3v) is 4.09. The van der Waals surface area contributed by atoms with E-state index < -0.39 is 9.84 Å². The van der Waals surface area contributed by atoms with Gasteiger partial charge in [0.1, 0.15) is 0 Å². The molecule has 5 nitrogen and oxygen atoms in total. The lowest BCUT2D eigenvalue weighted by atomic mass is 10.1. The molecule has 0 radical (unpaired) electrons. The molecule has 0 spiro atoms. The molecule has 0 unspecified atom stereocenters. The van der Waals surface area contributed by atoms with Crippen LogP contribution in [-0.4, -0.2) is 27.2 Å². The highest BCUT2D eigenvalue weighted by Crippen LogP contribution is 2.19. The van der Waals surface area contributed by atoms with Crippen LogP contribution in [0.2, 0.25) is 0 Å². The minimum atomic E-state index is -3.19. The van der Waals surface area contributed by atoms with Crippen molar-refractivity contribution in [2.75, 3.05) is 12.8 Å². The van der Waals surface area contributed by atoms with Crippen molar-refractivity contribution in [3.05, 3.63) is 29.8 Å². The summed E-state index contributed by atoms with van der Waals surface area (Å²) in [4.78, 5) is 11.9. The van der Waals surface area contributed by atoms with Gasteiger partial charge in [0, 0.05) is 12.8 Å². The molecule has 1 aromatic rings. The Labute approximate surface area is 120 Å². The molecule has 2 N–H and O–H groups in total. The summed E-state index contributed by atoms with van der Waals surface area (Å²) in [5.74, 6) is 0. The van der Waals surface area contributed by atoms with E-state index in [4.69, 9.17) is 0 Å². The van der Waals surface area contributed by atoms with Gasteiger partial charge in [-0.05, 0) is 30.5 Å². The van der Waals surface area contributed by atoms with Crippen LogP contribution in [0, 0.1) is 0 Å². The van der Waals surface area contributed by atoms with Crippen molar-refractivity contribution in [1.29, 1.82) is 0 Å². The minimum Gasteiger partial charge on any atom is -0.338 e. The Morgan fingerprint density at radius 3 is 2.25 bits per heavy atom. The number of hydrogen-bond acceptors (Lipinski definition) is 3. The van der Waals surface area contributed by atoms with E-state index >= 15 is 0 Å². The highest BCUT2D eigenvalue weighted by molar-refractivity contribution is 7.90. The molecule has 0 heterocycles. The fourth-order valence-corrected chi connectivity index (χ4v) is 2.45. The zero-order valence-corrected chi connectivity index (χ0v) is 13.0. The second-order valence-corrected chi connectivity index (χ2v) is 6.72. The second kappa shape index (κ2) is 7.28. The monoisotopic (exact) mass is 298 g/mol. The Morgan fingerprint density at radius 2 is 1.80 bits per heavy atom. The van der Waals surface area contributed by atoms with E-state index in [2.05, 4.69) is 10.6 Å². The number of urea groups is 1. The highest BCUT2D eigenvalue weighted by Gasteiger charge is 2.13. The molecule has 0 saturated carbocycles. The maximum Gasteiger partial charge on any atom is 0.315 e. The van der Waals surface area contributed by atoms with Gasteiger partial charge in [-0.15, -0.1) is 0 Å². The molecule has 112 valence electrons. The summed E-state index contributed by atoms with van der Waals surface area (Å²) in [7, 11) is -3.19. The largest absolute Gasteiger partial charge is 0.338 e. The maximum absolute atomic E-state index is 11.7. The van der Waals surface area contributed by atoms with E-state index in [1.54, 1.807) is 24.3 Å². The zero-order valence-electron chi connectivity index (χ0n) is 12.1. The Hall–Kier alpha value is -1.56. The Kier molecular flexibility index (Phi) is 6.01. The van der Waals surface area contributed by atoms with Crippen molar-refractivity contribution < 1.29 is 13.2 Å². The predicted molar refractivity (Wildman–Crippen MR) is 79.4 cm³/mol. The van der Waals surface area contributed by atoms with Gasteiger partial charge < -0.3 is 10.6 Å². The summed E-state index contributed by atoms with van der Waals surface area (Å²) in [5.41, 5.74) is 0.895. The van der Waals surface area contributed by atoms with Gasteiger partial charge in [-0.25, -0.2) is 13.2 Å². The summed E-state index contributed by atoms with van der Waals surface area (Å²) >= 11 is 0. The maximum atomic E-state index is 11.7. The molecule has 1 aromatic carbocycles. The molecular weight excluding hydrogens is 276 g/mol. The molecule has 0 aliphatic carbocycles. The third kappa shape index (κ3) is 4.85. The van der Waals surface area contributed by atoms with E-state index in [0.29, 0.717) is 6.54 Å². The quantitative estimate of drug-likeness (QED) is 0.846. The molecule has 0 aromatic heterocycles. The first-order valence-corrected chi connectivity index (χ1v) is 8.62. The van der Waals surface area contributed by atoms with Crippen LogP contribution < -0.4 is 10.6 Å². The SMILES string of the molecule is CCCNC(=O)N[C@@H](CC)c1ccc(S(C)(=O)=O)cc1. The van der Waals surface area contributed by atoms with E-state index in [1.165, 1.54) is 6.26 Å². The number of nitrogens with one attached hydrogen (secondary N) is 2. The molecule has 1 atom stereocenters. The topological polar surface area (TPSA) is 75.3 Å². The number of rotatable bonds is 6. The predicted octanol–water partition coefficient (Wildman–Crippen LogP) is 2.25. The number of carbonyl (C=O) groups is 1. The van der Waals surface area contributed by atoms with Gasteiger partial charge in [-0.2, -0.15) is 0 Å². The van der Waals surface area contributed by atoms with Gasteiger partial charge in [-0.1, -0.05) is 26.0 Å². The average Bonchev–Trinajstić information content (AvgIpc) is 2.41.